The number of benzene rings is 4. The minimum absolute atomic E-state index is 0. The molecule has 0 aliphatic heterocycles. The summed E-state index contributed by atoms with van der Waals surface area (Å²) in [7, 11) is 0. The highest BCUT2D eigenvalue weighted by Crippen LogP contribution is 2.33. The first-order valence-corrected chi connectivity index (χ1v) is 5.56. The average Bonchev–Trinajstić information content (AvgIpc) is 2.36. The summed E-state index contributed by atoms with van der Waals surface area (Å²) in [4.78, 5) is 0. The van der Waals surface area contributed by atoms with E-state index in [9.17, 15) is 0 Å². The van der Waals surface area contributed by atoms with Gasteiger partial charge in [0.1, 0.15) is 0 Å². The average molecular weight is 216 g/mol. The van der Waals surface area contributed by atoms with Gasteiger partial charge in [-0.3, -0.25) is 0 Å². The van der Waals surface area contributed by atoms with Gasteiger partial charge < -0.3 is 0 Å². The molecule has 0 bridgehead atoms. The lowest BCUT2D eigenvalue weighted by Crippen LogP contribution is -1.82. The Balaban J connectivity index is 0.000000902. The topological polar surface area (TPSA) is 0 Å². The summed E-state index contributed by atoms with van der Waals surface area (Å²) in [6, 6.07) is 21.9. The van der Waals surface area contributed by atoms with Gasteiger partial charge in [-0.2, -0.15) is 0 Å². The van der Waals surface area contributed by atoms with Crippen LogP contribution in [-0.2, 0) is 0 Å². The Morgan fingerprint density at radius 3 is 1.00 bits per heavy atom. The maximum absolute atomic E-state index is 2.21. The molecule has 4 aromatic carbocycles. The van der Waals surface area contributed by atoms with Gasteiger partial charge in [0, 0.05) is 0 Å². The Morgan fingerprint density at radius 2 is 0.706 bits per heavy atom. The zero-order chi connectivity index (χ0) is 10.5. The smallest absolute Gasteiger partial charge is 0.0610 e. The van der Waals surface area contributed by atoms with Gasteiger partial charge in [-0.1, -0.05) is 60.7 Å². The summed E-state index contributed by atoms with van der Waals surface area (Å²) in [5.41, 5.74) is 0. The number of hydrogen-bond acceptors (Lipinski definition) is 0. The minimum atomic E-state index is 0. The molecule has 0 fully saturated rings. The van der Waals surface area contributed by atoms with Crippen LogP contribution in [0.3, 0.4) is 0 Å². The second kappa shape index (κ2) is 3.49. The van der Waals surface area contributed by atoms with Crippen molar-refractivity contribution in [2.45, 2.75) is 0 Å². The summed E-state index contributed by atoms with van der Waals surface area (Å²) in [5, 5.41) is 8.14. The van der Waals surface area contributed by atoms with Gasteiger partial charge >= 0.3 is 0 Å². The Labute approximate surface area is 102 Å². The summed E-state index contributed by atoms with van der Waals surface area (Å²) in [6.07, 6.45) is 0. The van der Waals surface area contributed by atoms with E-state index in [4.69, 9.17) is 0 Å². The van der Waals surface area contributed by atoms with Crippen molar-refractivity contribution in [2.75, 3.05) is 0 Å². The highest BCUT2D eigenvalue weighted by molar-refractivity contribution is 6.22. The second-order valence-electron chi connectivity index (χ2n) is 4.29. The molecule has 0 radical (unpaired) electrons. The zero-order valence-corrected chi connectivity index (χ0v) is 8.77. The molecule has 0 amide bonds. The van der Waals surface area contributed by atoms with Gasteiger partial charge in [0.25, 0.3) is 0 Å². The van der Waals surface area contributed by atoms with E-state index in [-0.39, 0.29) is 8.41 Å². The summed E-state index contributed by atoms with van der Waals surface area (Å²) >= 11 is 0. The van der Waals surface area contributed by atoms with Gasteiger partial charge in [0.15, 0.2) is 0 Å². The lowest BCUT2D eigenvalue weighted by molar-refractivity contribution is 1.78. The van der Waals surface area contributed by atoms with Gasteiger partial charge in [0.05, 0.1) is 8.41 Å². The lowest BCUT2D eigenvalue weighted by atomic mass is 9.95. The summed E-state index contributed by atoms with van der Waals surface area (Å²) in [5.74, 6) is 0. The summed E-state index contributed by atoms with van der Waals surface area (Å²) < 4.78 is 0. The Hall–Kier alpha value is -2.02. The summed E-state index contributed by atoms with van der Waals surface area (Å²) in [6.45, 7) is 0. The third-order valence-corrected chi connectivity index (χ3v) is 3.39. The van der Waals surface area contributed by atoms with Gasteiger partial charge in [0.2, 0.25) is 0 Å². The molecule has 17 heavy (non-hydrogen) atoms. The fraction of sp³-hybridized carbons (Fsp3) is 0. The molecule has 0 N–H and O–H groups in total. The lowest BCUT2D eigenvalue weighted by Gasteiger charge is -2.09. The van der Waals surface area contributed by atoms with E-state index in [0.717, 1.165) is 0 Å². The minimum Gasteiger partial charge on any atom is -0.0610 e. The van der Waals surface area contributed by atoms with E-state index < -0.39 is 0 Å². The monoisotopic (exact) mass is 216 g/mol. The first-order chi connectivity index (χ1) is 7.93. The molecule has 0 heterocycles. The first-order valence-electron chi connectivity index (χ1n) is 5.56. The third kappa shape index (κ3) is 1.26. The normalized spacial score (nSPS) is 11.1. The predicted molar refractivity (Wildman–Crippen MR) is 80.1 cm³/mol. The molecule has 4 rings (SSSR count). The third-order valence-electron chi connectivity index (χ3n) is 3.39. The molecule has 80 valence electrons. The molecule has 0 spiro atoms. The van der Waals surface area contributed by atoms with Crippen molar-refractivity contribution < 1.29 is 0 Å². The van der Waals surface area contributed by atoms with Gasteiger partial charge in [-0.05, 0) is 32.3 Å². The van der Waals surface area contributed by atoms with Gasteiger partial charge in [-0.25, -0.2) is 0 Å². The van der Waals surface area contributed by atoms with E-state index in [1.807, 2.05) is 0 Å². The van der Waals surface area contributed by atoms with Crippen LogP contribution < -0.4 is 0 Å². The fourth-order valence-corrected chi connectivity index (χ4v) is 2.67. The Morgan fingerprint density at radius 1 is 0.412 bits per heavy atom. The van der Waals surface area contributed by atoms with Crippen molar-refractivity contribution in [3.63, 3.8) is 0 Å². The molecule has 4 aromatic rings. The molecule has 0 nitrogen and oxygen atoms in total. The Bertz CT molecular complexity index is 672. The van der Waals surface area contributed by atoms with Crippen molar-refractivity contribution >= 4 is 40.7 Å². The van der Waals surface area contributed by atoms with Crippen LogP contribution in [0, 0.1) is 0 Å². The molecular weight excluding hydrogens is 203 g/mol. The molecule has 0 saturated carbocycles. The van der Waals surface area contributed by atoms with E-state index in [2.05, 4.69) is 60.7 Å². The number of hydrogen-bond donors (Lipinski definition) is 0. The molecule has 1 heteroatoms. The van der Waals surface area contributed by atoms with E-state index in [1.165, 1.54) is 32.3 Å². The van der Waals surface area contributed by atoms with Crippen molar-refractivity contribution in [3.8, 4) is 0 Å². The van der Waals surface area contributed by atoms with Crippen LogP contribution in [0.15, 0.2) is 60.7 Å². The van der Waals surface area contributed by atoms with Crippen molar-refractivity contribution in [1.29, 1.82) is 0 Å². The van der Waals surface area contributed by atoms with Crippen LogP contribution in [-0.4, -0.2) is 8.41 Å². The molecule has 0 atom stereocenters. The highest BCUT2D eigenvalue weighted by atomic mass is 14.1. The number of rotatable bonds is 0. The predicted octanol–water partition coefficient (Wildman–Crippen LogP) is 3.40. The van der Waals surface area contributed by atoms with Crippen molar-refractivity contribution in [3.05, 3.63) is 60.7 Å². The van der Waals surface area contributed by atoms with Crippen LogP contribution in [0.5, 0.6) is 0 Å². The SMILES string of the molecule is B.c1cc2ccc3cccc4ccc(c1)c2c34. The standard InChI is InChI=1S/C16H10.BH3/c1-3-11-7-9-13-5-2-6-14-10-8-12(4-1)15(11)16(13)14;/h1-10H;1H3. The van der Waals surface area contributed by atoms with Crippen molar-refractivity contribution in [1.82, 2.24) is 0 Å². The maximum atomic E-state index is 2.21. The zero-order valence-electron chi connectivity index (χ0n) is 8.77. The maximum Gasteiger partial charge on any atom is 0.0814 e. The molecule has 0 aliphatic carbocycles. The Kier molecular flexibility index (Phi) is 2.09. The van der Waals surface area contributed by atoms with Crippen molar-refractivity contribution in [2.24, 2.45) is 0 Å². The molecular formula is C16H13B. The van der Waals surface area contributed by atoms with E-state index >= 15 is 0 Å². The first kappa shape index (κ1) is 10.2. The fourth-order valence-electron chi connectivity index (χ4n) is 2.67. The molecule has 0 saturated heterocycles. The molecule has 0 aromatic heterocycles. The molecule has 0 aliphatic rings. The van der Waals surface area contributed by atoms with Crippen LogP contribution in [0.4, 0.5) is 0 Å². The highest BCUT2D eigenvalue weighted by Gasteiger charge is 2.05. The largest absolute Gasteiger partial charge is 0.0814 e. The molecule has 0 unspecified atom stereocenters. The van der Waals surface area contributed by atoms with Crippen LogP contribution in [0.2, 0.25) is 0 Å². The van der Waals surface area contributed by atoms with Crippen LogP contribution >= 0.6 is 0 Å². The van der Waals surface area contributed by atoms with Gasteiger partial charge in [-0.15, -0.1) is 0 Å². The quantitative estimate of drug-likeness (QED) is 0.312. The van der Waals surface area contributed by atoms with Crippen LogP contribution in [0.1, 0.15) is 0 Å². The second-order valence-corrected chi connectivity index (χ2v) is 4.29. The van der Waals surface area contributed by atoms with Crippen LogP contribution in [0.25, 0.3) is 32.3 Å². The van der Waals surface area contributed by atoms with E-state index in [1.54, 1.807) is 0 Å². The van der Waals surface area contributed by atoms with E-state index in [0.29, 0.717) is 0 Å².